The van der Waals surface area contributed by atoms with Crippen molar-refractivity contribution >= 4 is 41.4 Å². The zero-order chi connectivity index (χ0) is 30.2. The van der Waals surface area contributed by atoms with Crippen LogP contribution in [0.25, 0.3) is 0 Å². The van der Waals surface area contributed by atoms with Crippen LogP contribution in [-0.2, 0) is 25.6 Å². The van der Waals surface area contributed by atoms with Crippen LogP contribution in [0.3, 0.4) is 0 Å². The summed E-state index contributed by atoms with van der Waals surface area (Å²) in [5.74, 6) is -2.48. The van der Waals surface area contributed by atoms with Crippen molar-refractivity contribution in [2.24, 2.45) is 28.1 Å². The van der Waals surface area contributed by atoms with Crippen LogP contribution in [0.4, 0.5) is 0 Å². The standard InChI is InChI=1S/C26H43N7O6S/c1-15(2)13-21(25(38)39)33-23(36)19(5-4-11-30-26(28)29)31-24(37)20(14-16-6-8-17(34)9-7-16)32-22(35)18(27)10-12-40-3/h6-9,15,18-21,34H,4-5,10-14,27H2,1-3H3,(H,31,37)(H,32,35)(H,33,36)(H,38,39)(H4,28,29,30). The first-order valence-electron chi connectivity index (χ1n) is 13.1. The number of rotatable bonds is 18. The molecule has 11 N–H and O–H groups in total. The van der Waals surface area contributed by atoms with Gasteiger partial charge in [-0.2, -0.15) is 11.8 Å². The molecule has 0 saturated heterocycles. The van der Waals surface area contributed by atoms with Crippen LogP contribution < -0.4 is 33.2 Å². The van der Waals surface area contributed by atoms with E-state index in [0.29, 0.717) is 24.2 Å². The van der Waals surface area contributed by atoms with Gasteiger partial charge in [0.05, 0.1) is 6.04 Å². The van der Waals surface area contributed by atoms with Gasteiger partial charge >= 0.3 is 5.97 Å². The van der Waals surface area contributed by atoms with Crippen LogP contribution in [0.1, 0.15) is 45.1 Å². The fraction of sp³-hybridized carbons (Fsp3) is 0.577. The number of nitrogens with zero attached hydrogens (tertiary/aromatic N) is 1. The average Bonchev–Trinajstić information content (AvgIpc) is 2.88. The van der Waals surface area contributed by atoms with E-state index in [1.807, 2.05) is 20.1 Å². The second-order valence-corrected chi connectivity index (χ2v) is 10.8. The first-order chi connectivity index (χ1) is 18.8. The van der Waals surface area contributed by atoms with Gasteiger partial charge in [-0.3, -0.25) is 19.4 Å². The summed E-state index contributed by atoms with van der Waals surface area (Å²) in [5, 5.41) is 27.0. The average molecular weight is 582 g/mol. The Bertz CT molecular complexity index is 1000. The molecule has 0 aliphatic rings. The molecule has 14 heteroatoms. The molecule has 4 atom stereocenters. The maximum absolute atomic E-state index is 13.5. The van der Waals surface area contributed by atoms with E-state index >= 15 is 0 Å². The molecule has 13 nitrogen and oxygen atoms in total. The predicted molar refractivity (Wildman–Crippen MR) is 156 cm³/mol. The van der Waals surface area contributed by atoms with Crippen LogP contribution in [0.2, 0.25) is 0 Å². The molecular formula is C26H43N7O6S. The smallest absolute Gasteiger partial charge is 0.326 e. The number of benzene rings is 1. The highest BCUT2D eigenvalue weighted by atomic mass is 32.2. The monoisotopic (exact) mass is 581 g/mol. The third-order valence-electron chi connectivity index (χ3n) is 5.88. The number of amides is 3. The minimum absolute atomic E-state index is 0.00322. The van der Waals surface area contributed by atoms with Gasteiger partial charge in [-0.1, -0.05) is 26.0 Å². The first-order valence-corrected chi connectivity index (χ1v) is 14.4. The normalized spacial score (nSPS) is 13.9. The highest BCUT2D eigenvalue weighted by Crippen LogP contribution is 2.13. The van der Waals surface area contributed by atoms with Crippen molar-refractivity contribution in [2.45, 2.75) is 70.1 Å². The van der Waals surface area contributed by atoms with E-state index < -0.39 is 47.9 Å². The molecule has 0 saturated carbocycles. The maximum atomic E-state index is 13.5. The van der Waals surface area contributed by atoms with Crippen molar-refractivity contribution in [3.05, 3.63) is 29.8 Å². The lowest BCUT2D eigenvalue weighted by molar-refractivity contribution is -0.142. The molecule has 1 rings (SSSR count). The van der Waals surface area contributed by atoms with Gasteiger partial charge in [0.15, 0.2) is 5.96 Å². The summed E-state index contributed by atoms with van der Waals surface area (Å²) >= 11 is 1.54. The first kappa shape index (κ1) is 34.5. The van der Waals surface area contributed by atoms with Crippen molar-refractivity contribution in [2.75, 3.05) is 18.6 Å². The van der Waals surface area contributed by atoms with Crippen LogP contribution in [0.15, 0.2) is 29.3 Å². The number of phenols is 1. The molecule has 0 bridgehead atoms. The third-order valence-corrected chi connectivity index (χ3v) is 6.52. The summed E-state index contributed by atoms with van der Waals surface area (Å²) in [4.78, 5) is 55.0. The molecule has 1 aromatic rings. The fourth-order valence-corrected chi connectivity index (χ4v) is 4.23. The summed E-state index contributed by atoms with van der Waals surface area (Å²) in [5.41, 5.74) is 17.4. The molecule has 4 unspecified atom stereocenters. The minimum Gasteiger partial charge on any atom is -0.508 e. The van der Waals surface area contributed by atoms with E-state index in [-0.39, 0.29) is 43.4 Å². The lowest BCUT2D eigenvalue weighted by Crippen LogP contribution is -2.57. The van der Waals surface area contributed by atoms with Crippen molar-refractivity contribution < 1.29 is 29.4 Å². The number of carbonyl (C=O) groups is 4. The molecule has 0 radical (unpaired) electrons. The molecule has 0 aromatic heterocycles. The van der Waals surface area contributed by atoms with Crippen LogP contribution in [0.5, 0.6) is 5.75 Å². The molecule has 40 heavy (non-hydrogen) atoms. The van der Waals surface area contributed by atoms with Gasteiger partial charge in [0.2, 0.25) is 17.7 Å². The van der Waals surface area contributed by atoms with Crippen LogP contribution in [0, 0.1) is 5.92 Å². The predicted octanol–water partition coefficient (Wildman–Crippen LogP) is -0.346. The number of hydrogen-bond donors (Lipinski definition) is 8. The quantitative estimate of drug-likeness (QED) is 0.0637. The number of aliphatic carboxylic acids is 1. The Morgan fingerprint density at radius 1 is 0.925 bits per heavy atom. The summed E-state index contributed by atoms with van der Waals surface area (Å²) < 4.78 is 0. The lowest BCUT2D eigenvalue weighted by atomic mass is 10.0. The van der Waals surface area contributed by atoms with E-state index in [2.05, 4.69) is 20.9 Å². The zero-order valence-corrected chi connectivity index (χ0v) is 24.1. The Morgan fingerprint density at radius 3 is 2.05 bits per heavy atom. The largest absolute Gasteiger partial charge is 0.508 e. The number of carboxylic acid groups (broad SMARTS) is 1. The van der Waals surface area contributed by atoms with E-state index in [1.54, 1.807) is 12.1 Å². The minimum atomic E-state index is -1.19. The Morgan fingerprint density at radius 2 is 1.50 bits per heavy atom. The number of hydrogen-bond acceptors (Lipinski definition) is 8. The van der Waals surface area contributed by atoms with E-state index in [0.717, 1.165) is 0 Å². The van der Waals surface area contributed by atoms with Gasteiger partial charge in [0, 0.05) is 13.0 Å². The number of thioether (sulfide) groups is 1. The van der Waals surface area contributed by atoms with Crippen LogP contribution >= 0.6 is 11.8 Å². The number of aliphatic imine (C=N–C) groups is 1. The van der Waals surface area contributed by atoms with Gasteiger partial charge in [-0.25, -0.2) is 4.79 Å². The summed E-state index contributed by atoms with van der Waals surface area (Å²) in [7, 11) is 0. The number of aromatic hydroxyl groups is 1. The van der Waals surface area contributed by atoms with Gasteiger partial charge in [-0.15, -0.1) is 0 Å². The molecule has 1 aromatic carbocycles. The Labute approximate surface area is 239 Å². The molecular weight excluding hydrogens is 538 g/mol. The maximum Gasteiger partial charge on any atom is 0.326 e. The SMILES string of the molecule is CSCCC(N)C(=O)NC(Cc1ccc(O)cc1)C(=O)NC(CCCN=C(N)N)C(=O)NC(CC(C)C)C(=O)O. The van der Waals surface area contributed by atoms with Crippen molar-refractivity contribution in [1.82, 2.24) is 16.0 Å². The molecule has 0 aliphatic heterocycles. The third kappa shape index (κ3) is 13.5. The Balaban J connectivity index is 3.17. The van der Waals surface area contributed by atoms with Gasteiger partial charge in [0.25, 0.3) is 0 Å². The second-order valence-electron chi connectivity index (χ2n) is 9.86. The van der Waals surface area contributed by atoms with Crippen molar-refractivity contribution in [1.29, 1.82) is 0 Å². The van der Waals surface area contributed by atoms with Crippen molar-refractivity contribution in [3.63, 3.8) is 0 Å². The van der Waals surface area contributed by atoms with E-state index in [4.69, 9.17) is 17.2 Å². The van der Waals surface area contributed by atoms with E-state index in [9.17, 15) is 29.4 Å². The Kier molecular flexibility index (Phi) is 15.5. The topological polar surface area (TPSA) is 235 Å². The molecule has 224 valence electrons. The van der Waals surface area contributed by atoms with E-state index in [1.165, 1.54) is 23.9 Å². The summed E-state index contributed by atoms with van der Waals surface area (Å²) in [6, 6.07) is 1.92. The molecule has 0 aliphatic carbocycles. The molecule has 3 amide bonds. The number of nitrogens with two attached hydrogens (primary N) is 3. The highest BCUT2D eigenvalue weighted by molar-refractivity contribution is 7.98. The summed E-state index contributed by atoms with van der Waals surface area (Å²) in [6.45, 7) is 3.85. The van der Waals surface area contributed by atoms with Gasteiger partial charge in [-0.05, 0) is 61.3 Å². The number of carboxylic acids is 1. The van der Waals surface area contributed by atoms with Gasteiger partial charge < -0.3 is 43.4 Å². The molecule has 0 heterocycles. The number of phenolic OH excluding ortho intramolecular Hbond substituents is 1. The number of nitrogens with one attached hydrogen (secondary N) is 3. The second kappa shape index (κ2) is 17.9. The number of carbonyl (C=O) groups excluding carboxylic acids is 3. The highest BCUT2D eigenvalue weighted by Gasteiger charge is 2.30. The lowest BCUT2D eigenvalue weighted by Gasteiger charge is -2.25. The fourth-order valence-electron chi connectivity index (χ4n) is 3.74. The van der Waals surface area contributed by atoms with Crippen LogP contribution in [-0.4, -0.2) is 82.6 Å². The molecule has 0 fully saturated rings. The van der Waals surface area contributed by atoms with Crippen molar-refractivity contribution in [3.8, 4) is 5.75 Å². The summed E-state index contributed by atoms with van der Waals surface area (Å²) in [6.07, 6.45) is 2.97. The molecule has 0 spiro atoms. The van der Waals surface area contributed by atoms with Gasteiger partial charge in [0.1, 0.15) is 23.9 Å². The number of guanidine groups is 1. The Hall–Kier alpha value is -3.52. The zero-order valence-electron chi connectivity index (χ0n) is 23.3.